The van der Waals surface area contributed by atoms with Crippen molar-refractivity contribution in [3.8, 4) is 5.75 Å². The molecule has 0 aromatic heterocycles. The predicted octanol–water partition coefficient (Wildman–Crippen LogP) is 2.70. The van der Waals surface area contributed by atoms with Crippen LogP contribution in [-0.4, -0.2) is 11.1 Å². The molecule has 0 radical (unpaired) electrons. The van der Waals surface area contributed by atoms with Gasteiger partial charge in [-0.05, 0) is 12.1 Å². The van der Waals surface area contributed by atoms with E-state index in [1.54, 1.807) is 6.26 Å². The van der Waals surface area contributed by atoms with E-state index in [0.29, 0.717) is 0 Å². The van der Waals surface area contributed by atoms with Gasteiger partial charge >= 0.3 is 0 Å². The molecule has 1 heterocycles. The third-order valence-electron chi connectivity index (χ3n) is 1.58. The maximum absolute atomic E-state index is 9.00. The first kappa shape index (κ1) is 11.0. The molecule has 0 saturated heterocycles. The minimum atomic E-state index is -0.833. The number of allylic oxidation sites excluding steroid dienone is 2. The Labute approximate surface area is 88.3 Å². The first-order valence-electron chi connectivity index (χ1n) is 4.48. The first-order chi connectivity index (χ1) is 7.20. The summed E-state index contributed by atoms with van der Waals surface area (Å²) in [5, 5.41) is 7.42. The Morgan fingerprint density at radius 2 is 1.93 bits per heavy atom. The smallest absolute Gasteiger partial charge is 0.300 e. The highest BCUT2D eigenvalue weighted by Gasteiger charge is 1.97. The Balaban J connectivity index is 0.000000245. The number of hydrogen-bond donors (Lipinski definition) is 1. The highest BCUT2D eigenvalue weighted by molar-refractivity contribution is 5.63. The van der Waals surface area contributed by atoms with Gasteiger partial charge in [-0.15, -0.1) is 0 Å². The van der Waals surface area contributed by atoms with E-state index in [9.17, 15) is 0 Å². The van der Waals surface area contributed by atoms with E-state index < -0.39 is 5.97 Å². The molecule has 3 heteroatoms. The van der Waals surface area contributed by atoms with Crippen molar-refractivity contribution in [1.82, 2.24) is 0 Å². The topological polar surface area (TPSA) is 46.5 Å². The minimum Gasteiger partial charge on any atom is -0.481 e. The van der Waals surface area contributed by atoms with Crippen molar-refractivity contribution in [2.45, 2.75) is 6.92 Å². The lowest BCUT2D eigenvalue weighted by atomic mass is 10.2. The molecular weight excluding hydrogens is 192 g/mol. The fourth-order valence-electron chi connectivity index (χ4n) is 1.04. The molecule has 0 fully saturated rings. The van der Waals surface area contributed by atoms with Crippen molar-refractivity contribution in [3.63, 3.8) is 0 Å². The largest absolute Gasteiger partial charge is 0.481 e. The van der Waals surface area contributed by atoms with Crippen molar-refractivity contribution in [2.24, 2.45) is 0 Å². The molecule has 0 aliphatic carbocycles. The zero-order valence-electron chi connectivity index (χ0n) is 8.38. The number of aliphatic carboxylic acids is 1. The number of ether oxygens (including phenoxy) is 1. The highest BCUT2D eigenvalue weighted by Crippen LogP contribution is 2.21. The van der Waals surface area contributed by atoms with Crippen LogP contribution in [0.25, 0.3) is 6.08 Å². The molecule has 3 nitrogen and oxygen atoms in total. The maximum Gasteiger partial charge on any atom is 0.300 e. The Hall–Kier alpha value is -2.03. The summed E-state index contributed by atoms with van der Waals surface area (Å²) in [6.45, 7) is 1.08. The molecule has 0 bridgehead atoms. The monoisotopic (exact) mass is 204 g/mol. The van der Waals surface area contributed by atoms with Crippen LogP contribution in [0.5, 0.6) is 5.75 Å². The Bertz CT molecular complexity index is 388. The number of carboxylic acid groups (broad SMARTS) is 1. The summed E-state index contributed by atoms with van der Waals surface area (Å²) in [7, 11) is 0. The number of hydrogen-bond acceptors (Lipinski definition) is 2. The van der Waals surface area contributed by atoms with E-state index in [2.05, 4.69) is 0 Å². The standard InChI is InChI=1S/C10H8O.C2H4O2/c1-2-7-10-9(5-1)6-3-4-8-11-10;1-2(3)4/h1-8H;1H3,(H,3,4). The summed E-state index contributed by atoms with van der Waals surface area (Å²) in [5.41, 5.74) is 1.12. The van der Waals surface area contributed by atoms with Crippen LogP contribution in [0.3, 0.4) is 0 Å². The van der Waals surface area contributed by atoms with Crippen LogP contribution >= 0.6 is 0 Å². The van der Waals surface area contributed by atoms with Gasteiger partial charge in [0.25, 0.3) is 5.97 Å². The van der Waals surface area contributed by atoms with Crippen molar-refractivity contribution >= 4 is 12.0 Å². The molecular formula is C12H12O3. The van der Waals surface area contributed by atoms with Crippen molar-refractivity contribution < 1.29 is 14.6 Å². The number of rotatable bonds is 0. The molecule has 0 saturated carbocycles. The molecule has 0 spiro atoms. The van der Waals surface area contributed by atoms with Gasteiger partial charge in [-0.1, -0.05) is 30.4 Å². The van der Waals surface area contributed by atoms with E-state index in [1.807, 2.05) is 42.5 Å². The second kappa shape index (κ2) is 5.65. The van der Waals surface area contributed by atoms with Crippen LogP contribution in [0.4, 0.5) is 0 Å². The Kier molecular flexibility index (Phi) is 4.16. The third kappa shape index (κ3) is 4.13. The van der Waals surface area contributed by atoms with Crippen molar-refractivity contribution in [1.29, 1.82) is 0 Å². The van der Waals surface area contributed by atoms with E-state index in [4.69, 9.17) is 14.6 Å². The van der Waals surface area contributed by atoms with Crippen molar-refractivity contribution in [3.05, 3.63) is 48.2 Å². The average Bonchev–Trinajstić information content (AvgIpc) is 2.41. The highest BCUT2D eigenvalue weighted by atomic mass is 16.5. The average molecular weight is 204 g/mol. The summed E-state index contributed by atoms with van der Waals surface area (Å²) in [6, 6.07) is 7.94. The summed E-state index contributed by atoms with van der Waals surface area (Å²) in [4.78, 5) is 9.00. The number of carboxylic acids is 1. The van der Waals surface area contributed by atoms with Gasteiger partial charge in [0.05, 0.1) is 6.26 Å². The fourth-order valence-corrected chi connectivity index (χ4v) is 1.04. The fraction of sp³-hybridized carbons (Fsp3) is 0.0833. The molecule has 1 aromatic rings. The van der Waals surface area contributed by atoms with Crippen LogP contribution in [-0.2, 0) is 4.79 Å². The summed E-state index contributed by atoms with van der Waals surface area (Å²) < 4.78 is 5.31. The lowest BCUT2D eigenvalue weighted by Crippen LogP contribution is -1.82. The quantitative estimate of drug-likeness (QED) is 0.706. The number of para-hydroxylation sites is 1. The Morgan fingerprint density at radius 1 is 1.27 bits per heavy atom. The van der Waals surface area contributed by atoms with Gasteiger partial charge in [0.15, 0.2) is 0 Å². The van der Waals surface area contributed by atoms with Crippen LogP contribution in [0, 0.1) is 0 Å². The molecule has 1 N–H and O–H groups in total. The number of benzene rings is 1. The van der Waals surface area contributed by atoms with Gasteiger partial charge in [-0.2, -0.15) is 0 Å². The van der Waals surface area contributed by atoms with E-state index in [-0.39, 0.29) is 0 Å². The normalized spacial score (nSPS) is 11.5. The molecule has 15 heavy (non-hydrogen) atoms. The zero-order chi connectivity index (χ0) is 11.1. The van der Waals surface area contributed by atoms with Crippen molar-refractivity contribution in [2.75, 3.05) is 0 Å². The molecule has 1 aliphatic rings. The molecule has 1 aromatic carbocycles. The van der Waals surface area contributed by atoms with E-state index >= 15 is 0 Å². The summed E-state index contributed by atoms with van der Waals surface area (Å²) in [5.74, 6) is 0.0810. The summed E-state index contributed by atoms with van der Waals surface area (Å²) >= 11 is 0. The van der Waals surface area contributed by atoms with Crippen LogP contribution in [0.15, 0.2) is 42.7 Å². The zero-order valence-corrected chi connectivity index (χ0v) is 8.38. The molecule has 78 valence electrons. The number of carbonyl (C=O) groups is 1. The van der Waals surface area contributed by atoms with Gasteiger partial charge in [0.1, 0.15) is 5.75 Å². The molecule has 0 unspecified atom stereocenters. The lowest BCUT2D eigenvalue weighted by Gasteiger charge is -2.00. The van der Waals surface area contributed by atoms with Crippen LogP contribution in [0.2, 0.25) is 0 Å². The Morgan fingerprint density at radius 3 is 2.67 bits per heavy atom. The van der Waals surface area contributed by atoms with Crippen LogP contribution in [0.1, 0.15) is 12.5 Å². The number of fused-ring (bicyclic) bond motifs is 1. The second-order valence-corrected chi connectivity index (χ2v) is 2.86. The third-order valence-corrected chi connectivity index (χ3v) is 1.58. The summed E-state index contributed by atoms with van der Waals surface area (Å²) in [6.07, 6.45) is 7.55. The van der Waals surface area contributed by atoms with Gasteiger partial charge in [0, 0.05) is 12.5 Å². The lowest BCUT2D eigenvalue weighted by molar-refractivity contribution is -0.134. The van der Waals surface area contributed by atoms with Gasteiger partial charge < -0.3 is 9.84 Å². The molecule has 2 rings (SSSR count). The van der Waals surface area contributed by atoms with Gasteiger partial charge in [0.2, 0.25) is 0 Å². The van der Waals surface area contributed by atoms with E-state index in [0.717, 1.165) is 18.2 Å². The van der Waals surface area contributed by atoms with E-state index in [1.165, 1.54) is 0 Å². The van der Waals surface area contributed by atoms with Gasteiger partial charge in [-0.3, -0.25) is 4.79 Å². The molecule has 0 atom stereocenters. The SMILES string of the molecule is C1=COc2ccccc2C=C1.CC(=O)O. The van der Waals surface area contributed by atoms with Crippen LogP contribution < -0.4 is 4.74 Å². The minimum absolute atomic E-state index is 0.833. The maximum atomic E-state index is 9.00. The molecule has 1 aliphatic heterocycles. The van der Waals surface area contributed by atoms with Gasteiger partial charge in [-0.25, -0.2) is 0 Å². The second-order valence-electron chi connectivity index (χ2n) is 2.86. The predicted molar refractivity (Wildman–Crippen MR) is 58.6 cm³/mol. The first-order valence-corrected chi connectivity index (χ1v) is 4.48. The molecule has 0 amide bonds.